The second-order valence-corrected chi connectivity index (χ2v) is 5.30. The number of hydrogen-bond donors (Lipinski definition) is 1. The van der Waals surface area contributed by atoms with Crippen LogP contribution < -0.4 is 5.32 Å². The Morgan fingerprint density at radius 3 is 2.68 bits per heavy atom. The summed E-state index contributed by atoms with van der Waals surface area (Å²) < 4.78 is 2.05. The minimum Gasteiger partial charge on any atom is -0.354 e. The minimum atomic E-state index is 0.308. The van der Waals surface area contributed by atoms with Crippen molar-refractivity contribution in [3.8, 4) is 0 Å². The normalized spacial score (nSPS) is 17.9. The predicted molar refractivity (Wildman–Crippen MR) is 76.6 cm³/mol. The van der Waals surface area contributed by atoms with Gasteiger partial charge in [0.2, 0.25) is 5.95 Å². The van der Waals surface area contributed by atoms with Crippen molar-refractivity contribution in [2.45, 2.75) is 39.7 Å². The molecule has 0 saturated carbocycles. The highest BCUT2D eigenvalue weighted by molar-refractivity contribution is 5.36. The Kier molecular flexibility index (Phi) is 3.01. The van der Waals surface area contributed by atoms with Gasteiger partial charge in [0.25, 0.3) is 0 Å². The van der Waals surface area contributed by atoms with E-state index in [0.717, 1.165) is 31.2 Å². The van der Waals surface area contributed by atoms with E-state index in [2.05, 4.69) is 59.1 Å². The summed E-state index contributed by atoms with van der Waals surface area (Å²) in [4.78, 5) is 4.53. The second-order valence-electron chi connectivity index (χ2n) is 5.30. The fourth-order valence-corrected chi connectivity index (χ4v) is 2.81. The van der Waals surface area contributed by atoms with E-state index in [9.17, 15) is 0 Å². The summed E-state index contributed by atoms with van der Waals surface area (Å²) in [6.45, 7) is 7.35. The van der Waals surface area contributed by atoms with E-state index in [1.165, 1.54) is 16.7 Å². The van der Waals surface area contributed by atoms with Crippen LogP contribution in [0, 0.1) is 13.8 Å². The number of anilines is 1. The quantitative estimate of drug-likeness (QED) is 0.898. The smallest absolute Gasteiger partial charge is 0.221 e. The summed E-state index contributed by atoms with van der Waals surface area (Å²) in [7, 11) is 0. The van der Waals surface area contributed by atoms with Gasteiger partial charge in [-0.1, -0.05) is 36.2 Å². The van der Waals surface area contributed by atoms with E-state index in [4.69, 9.17) is 0 Å². The Morgan fingerprint density at radius 1 is 1.26 bits per heavy atom. The molecular formula is C15H20N4. The van der Waals surface area contributed by atoms with E-state index in [1.54, 1.807) is 0 Å². The first-order chi connectivity index (χ1) is 9.17. The average Bonchev–Trinajstić information content (AvgIpc) is 2.80. The molecule has 4 nitrogen and oxygen atoms in total. The summed E-state index contributed by atoms with van der Waals surface area (Å²) in [5, 5.41) is 7.97. The number of aromatic nitrogens is 3. The van der Waals surface area contributed by atoms with Gasteiger partial charge in [-0.05, 0) is 25.8 Å². The molecule has 0 aliphatic carbocycles. The molecule has 3 rings (SSSR count). The van der Waals surface area contributed by atoms with Crippen molar-refractivity contribution >= 4 is 5.95 Å². The molecule has 0 radical (unpaired) electrons. The van der Waals surface area contributed by atoms with Crippen molar-refractivity contribution in [3.05, 3.63) is 40.7 Å². The van der Waals surface area contributed by atoms with Gasteiger partial charge in [-0.25, -0.2) is 4.68 Å². The Bertz CT molecular complexity index is 580. The third-order valence-electron chi connectivity index (χ3n) is 3.62. The van der Waals surface area contributed by atoms with Crippen molar-refractivity contribution in [2.75, 3.05) is 11.9 Å². The monoisotopic (exact) mass is 256 g/mol. The molecule has 0 saturated heterocycles. The van der Waals surface area contributed by atoms with Crippen LogP contribution in [-0.4, -0.2) is 21.3 Å². The van der Waals surface area contributed by atoms with Gasteiger partial charge in [0, 0.05) is 13.0 Å². The third-order valence-corrected chi connectivity index (χ3v) is 3.62. The molecular weight excluding hydrogens is 236 g/mol. The number of hydrogen-bond acceptors (Lipinski definition) is 3. The number of benzene rings is 1. The maximum absolute atomic E-state index is 4.63. The van der Waals surface area contributed by atoms with Crippen molar-refractivity contribution in [1.29, 1.82) is 0 Å². The highest BCUT2D eigenvalue weighted by Gasteiger charge is 2.24. The molecule has 4 heteroatoms. The lowest BCUT2D eigenvalue weighted by Gasteiger charge is -2.25. The largest absolute Gasteiger partial charge is 0.354 e. The van der Waals surface area contributed by atoms with E-state index < -0.39 is 0 Å². The van der Waals surface area contributed by atoms with E-state index >= 15 is 0 Å². The van der Waals surface area contributed by atoms with Crippen molar-refractivity contribution in [2.24, 2.45) is 0 Å². The van der Waals surface area contributed by atoms with Crippen LogP contribution in [-0.2, 0) is 6.42 Å². The van der Waals surface area contributed by atoms with E-state index in [1.807, 2.05) is 0 Å². The van der Waals surface area contributed by atoms with E-state index in [0.29, 0.717) is 6.04 Å². The van der Waals surface area contributed by atoms with Gasteiger partial charge in [0.1, 0.15) is 0 Å². The fraction of sp³-hybridized carbons (Fsp3) is 0.467. The minimum absolute atomic E-state index is 0.308. The van der Waals surface area contributed by atoms with Crippen molar-refractivity contribution < 1.29 is 0 Å². The molecule has 2 heterocycles. The summed E-state index contributed by atoms with van der Waals surface area (Å²) in [5.74, 6) is 1.83. The summed E-state index contributed by atoms with van der Waals surface area (Å²) >= 11 is 0. The van der Waals surface area contributed by atoms with Gasteiger partial charge in [-0.3, -0.25) is 0 Å². The zero-order chi connectivity index (χ0) is 13.4. The molecule has 0 spiro atoms. The summed E-state index contributed by atoms with van der Waals surface area (Å²) in [5.41, 5.74) is 3.96. The molecule has 1 aromatic heterocycles. The van der Waals surface area contributed by atoms with Gasteiger partial charge in [0.05, 0.1) is 6.04 Å². The van der Waals surface area contributed by atoms with Crippen molar-refractivity contribution in [3.63, 3.8) is 0 Å². The van der Waals surface area contributed by atoms with Crippen LogP contribution in [0.2, 0.25) is 0 Å². The molecule has 0 bridgehead atoms. The number of aryl methyl sites for hydroxylation is 3. The summed E-state index contributed by atoms with van der Waals surface area (Å²) in [6, 6.07) is 7.05. The molecule has 1 aliphatic rings. The Hall–Kier alpha value is -1.84. The van der Waals surface area contributed by atoms with Crippen molar-refractivity contribution in [1.82, 2.24) is 14.8 Å². The zero-order valence-electron chi connectivity index (χ0n) is 11.8. The average molecular weight is 256 g/mol. The Balaban J connectivity index is 2.05. The predicted octanol–water partition coefficient (Wildman–Crippen LogP) is 2.86. The highest BCUT2D eigenvalue weighted by Crippen LogP contribution is 2.29. The van der Waals surface area contributed by atoms with Crippen LogP contribution >= 0.6 is 0 Å². The third kappa shape index (κ3) is 2.23. The topological polar surface area (TPSA) is 42.7 Å². The fourth-order valence-electron chi connectivity index (χ4n) is 2.81. The first kappa shape index (κ1) is 12.2. The summed E-state index contributed by atoms with van der Waals surface area (Å²) in [6.07, 6.45) is 1.93. The first-order valence-corrected chi connectivity index (χ1v) is 6.95. The number of nitrogens with zero attached hydrogens (tertiary/aromatic N) is 3. The molecule has 1 unspecified atom stereocenters. The van der Waals surface area contributed by atoms with Crippen LogP contribution in [0.15, 0.2) is 18.2 Å². The zero-order valence-corrected chi connectivity index (χ0v) is 11.8. The standard InChI is InChI=1S/C15H20N4/c1-4-14-17-15-16-6-5-13(19(15)18-14)12-8-10(2)7-11(3)9-12/h7-9,13H,4-6H2,1-3H3,(H,16,17,18). The lowest BCUT2D eigenvalue weighted by molar-refractivity contribution is 0.477. The van der Waals surface area contributed by atoms with Crippen LogP contribution in [0.5, 0.6) is 0 Å². The lowest BCUT2D eigenvalue weighted by Crippen LogP contribution is -2.24. The first-order valence-electron chi connectivity index (χ1n) is 6.95. The maximum Gasteiger partial charge on any atom is 0.221 e. The molecule has 0 fully saturated rings. The number of nitrogens with one attached hydrogen (secondary N) is 1. The molecule has 2 aromatic rings. The van der Waals surface area contributed by atoms with Gasteiger partial charge < -0.3 is 5.32 Å². The Labute approximate surface area is 113 Å². The SMILES string of the molecule is CCc1nc2n(n1)C(c1cc(C)cc(C)c1)CCN2. The van der Waals surface area contributed by atoms with Gasteiger partial charge >= 0.3 is 0 Å². The highest BCUT2D eigenvalue weighted by atomic mass is 15.4. The van der Waals surface area contributed by atoms with E-state index in [-0.39, 0.29) is 0 Å². The van der Waals surface area contributed by atoms with Crippen LogP contribution in [0.3, 0.4) is 0 Å². The van der Waals surface area contributed by atoms with Crippen LogP contribution in [0.4, 0.5) is 5.95 Å². The lowest BCUT2D eigenvalue weighted by atomic mass is 9.98. The molecule has 19 heavy (non-hydrogen) atoms. The van der Waals surface area contributed by atoms with Gasteiger partial charge in [-0.2, -0.15) is 10.1 Å². The van der Waals surface area contributed by atoms with Crippen LogP contribution in [0.1, 0.15) is 41.9 Å². The molecule has 0 amide bonds. The maximum atomic E-state index is 4.63. The number of rotatable bonds is 2. The molecule has 100 valence electrons. The second kappa shape index (κ2) is 4.68. The van der Waals surface area contributed by atoms with Gasteiger partial charge in [-0.15, -0.1) is 0 Å². The molecule has 1 aromatic carbocycles. The van der Waals surface area contributed by atoms with Crippen LogP contribution in [0.25, 0.3) is 0 Å². The molecule has 1 N–H and O–H groups in total. The van der Waals surface area contributed by atoms with Gasteiger partial charge in [0.15, 0.2) is 5.82 Å². The Morgan fingerprint density at radius 2 is 2.00 bits per heavy atom. The molecule has 1 aliphatic heterocycles. The molecule has 1 atom stereocenters. The number of fused-ring (bicyclic) bond motifs is 1.